The van der Waals surface area contributed by atoms with Crippen LogP contribution in [0.2, 0.25) is 0 Å². The summed E-state index contributed by atoms with van der Waals surface area (Å²) in [5.41, 5.74) is 4.57. The van der Waals surface area contributed by atoms with E-state index in [0.29, 0.717) is 0 Å². The lowest BCUT2D eigenvalue weighted by Crippen LogP contribution is -2.64. The topological polar surface area (TPSA) is 222 Å². The highest BCUT2D eigenvalue weighted by molar-refractivity contribution is 5.89. The van der Waals surface area contributed by atoms with Gasteiger partial charge in [0, 0.05) is 5.92 Å². The van der Waals surface area contributed by atoms with Crippen molar-refractivity contribution in [2.24, 2.45) is 17.4 Å². The Morgan fingerprint density at radius 2 is 1.12 bits per heavy atom. The van der Waals surface area contributed by atoms with Gasteiger partial charge in [-0.3, -0.25) is 16.3 Å². The summed E-state index contributed by atoms with van der Waals surface area (Å²) in [5.74, 6) is -17.4. The monoisotopic (exact) mass is 613 g/mol. The van der Waals surface area contributed by atoms with Crippen LogP contribution in [0.5, 0.6) is 0 Å². The Balaban J connectivity index is 5.88. The van der Waals surface area contributed by atoms with E-state index in [2.05, 4.69) is 28.8 Å². The predicted molar refractivity (Wildman–Crippen MR) is 96.3 cm³/mol. The lowest BCUT2D eigenvalue weighted by Gasteiger charge is -2.34. The summed E-state index contributed by atoms with van der Waals surface area (Å²) in [6.07, 6.45) is -17.0. The average Bonchev–Trinajstić information content (AvgIpc) is 2.78. The van der Waals surface area contributed by atoms with Gasteiger partial charge in [0.25, 0.3) is 11.4 Å². The number of ether oxygens (including phenoxy) is 3. The smallest absolute Gasteiger partial charge is 0.458 e. The number of rotatable bonds is 10. The van der Waals surface area contributed by atoms with Gasteiger partial charge < -0.3 is 19.0 Å². The normalized spacial score (nSPS) is 15.2. The molecule has 0 aliphatic rings. The molecule has 0 unspecified atom stereocenters. The zero-order valence-corrected chi connectivity index (χ0v) is 19.4. The first-order valence-electron chi connectivity index (χ1n) is 9.55. The van der Waals surface area contributed by atoms with E-state index in [1.807, 2.05) is 0 Å². The molecule has 0 aromatic carbocycles. The second-order valence-electron chi connectivity index (χ2n) is 7.22. The molecule has 0 fully saturated rings. The van der Waals surface area contributed by atoms with Gasteiger partial charge in [0.2, 0.25) is 0 Å². The highest BCUT2D eigenvalue weighted by Crippen LogP contribution is 2.26. The van der Waals surface area contributed by atoms with Crippen molar-refractivity contribution < 1.29 is 97.1 Å². The highest BCUT2D eigenvalue weighted by atomic mass is 19.4. The van der Waals surface area contributed by atoms with E-state index in [9.17, 15) is 68.3 Å². The molecular formula is C16H16F9N3O12. The summed E-state index contributed by atoms with van der Waals surface area (Å²) in [7, 11) is 0. The molecule has 40 heavy (non-hydrogen) atoms. The summed E-state index contributed by atoms with van der Waals surface area (Å²) in [4.78, 5) is 78.6. The Morgan fingerprint density at radius 3 is 1.55 bits per heavy atom. The maximum Gasteiger partial charge on any atom is 0.495 e. The fourth-order valence-electron chi connectivity index (χ4n) is 1.63. The second kappa shape index (κ2) is 12.9. The van der Waals surface area contributed by atoms with Crippen LogP contribution >= 0.6 is 0 Å². The molecule has 15 nitrogen and oxygen atoms in total. The van der Waals surface area contributed by atoms with Crippen molar-refractivity contribution >= 4 is 35.8 Å². The van der Waals surface area contributed by atoms with Crippen LogP contribution in [0.4, 0.5) is 39.5 Å². The fourth-order valence-corrected chi connectivity index (χ4v) is 1.63. The largest absolute Gasteiger partial charge is 0.495 e. The Hall–Kier alpha value is -3.93. The van der Waals surface area contributed by atoms with Crippen LogP contribution in [0.1, 0.15) is 13.8 Å². The first-order chi connectivity index (χ1) is 17.8. The number of nitrogens with two attached hydrogens (primary N) is 2. The maximum atomic E-state index is 12.6. The van der Waals surface area contributed by atoms with Crippen LogP contribution in [0.15, 0.2) is 0 Å². The highest BCUT2D eigenvalue weighted by Gasteiger charge is 2.55. The number of alkyl halides is 9. The molecule has 0 rings (SSSR count). The van der Waals surface area contributed by atoms with Crippen molar-refractivity contribution in [3.8, 4) is 0 Å². The zero-order valence-electron chi connectivity index (χ0n) is 19.4. The Labute approximate surface area is 213 Å². The maximum absolute atomic E-state index is 12.6. The van der Waals surface area contributed by atoms with Crippen molar-refractivity contribution in [3.63, 3.8) is 0 Å². The molecule has 0 aliphatic carbocycles. The number of carbonyl (C=O) groups excluding carboxylic acids is 6. The Kier molecular flexibility index (Phi) is 11.7. The number of hydroxylamine groups is 1. The molecule has 5 N–H and O–H groups in total. The summed E-state index contributed by atoms with van der Waals surface area (Å²) in [6, 6.07) is 0. The summed E-state index contributed by atoms with van der Waals surface area (Å²) >= 11 is 0. The van der Waals surface area contributed by atoms with Crippen molar-refractivity contribution in [3.05, 3.63) is 0 Å². The van der Waals surface area contributed by atoms with Gasteiger partial charge in [-0.25, -0.2) is 33.7 Å². The van der Waals surface area contributed by atoms with Gasteiger partial charge in [0.15, 0.2) is 6.61 Å². The van der Waals surface area contributed by atoms with Gasteiger partial charge in [-0.2, -0.15) is 39.5 Å². The number of halogens is 9. The lowest BCUT2D eigenvalue weighted by molar-refractivity contribution is -0.296. The predicted octanol–water partition coefficient (Wildman–Crippen LogP) is -0.682. The Morgan fingerprint density at radius 1 is 0.675 bits per heavy atom. The van der Waals surface area contributed by atoms with Gasteiger partial charge in [-0.15, -0.1) is 5.48 Å². The van der Waals surface area contributed by atoms with E-state index in [0.717, 1.165) is 19.3 Å². The van der Waals surface area contributed by atoms with Crippen molar-refractivity contribution in [2.75, 3.05) is 13.2 Å². The number of nitrogens with one attached hydrogen (secondary N) is 1. The van der Waals surface area contributed by atoms with Crippen LogP contribution in [0.3, 0.4) is 0 Å². The van der Waals surface area contributed by atoms with Gasteiger partial charge in [0.1, 0.15) is 6.54 Å². The molecular weight excluding hydrogens is 597 g/mol. The van der Waals surface area contributed by atoms with Crippen molar-refractivity contribution in [2.45, 2.75) is 43.8 Å². The molecule has 2 atom stereocenters. The molecule has 0 bridgehead atoms. The third-order valence-electron chi connectivity index (χ3n) is 3.78. The SMILES string of the molecule is CC(C)[C@@](N)(OC(=O)C(F)(F)F)C(=O)O[C@@](N)(COC(=O)CNOC(=O)C(F)(F)F)C(=O)OOC(=O)C(F)(F)F. The molecule has 0 saturated carbocycles. The van der Waals surface area contributed by atoms with E-state index in [4.69, 9.17) is 11.5 Å². The quantitative estimate of drug-likeness (QED) is 0.0694. The van der Waals surface area contributed by atoms with Gasteiger partial charge in [0.05, 0.1) is 0 Å². The number of carbonyl (C=O) groups is 6. The van der Waals surface area contributed by atoms with Crippen LogP contribution in [0.25, 0.3) is 0 Å². The van der Waals surface area contributed by atoms with Crippen LogP contribution in [-0.2, 0) is 57.6 Å². The second-order valence-corrected chi connectivity index (χ2v) is 7.22. The third kappa shape index (κ3) is 10.7. The molecule has 0 spiro atoms. The molecule has 230 valence electrons. The minimum atomic E-state index is -5.78. The third-order valence-corrected chi connectivity index (χ3v) is 3.78. The summed E-state index contributed by atoms with van der Waals surface area (Å²) in [6.45, 7) is -1.63. The molecule has 0 aromatic heterocycles. The first-order valence-corrected chi connectivity index (χ1v) is 9.55. The van der Waals surface area contributed by atoms with E-state index < -0.39 is 84.9 Å². The minimum absolute atomic E-state index is 0.862. The number of hydrogen-bond acceptors (Lipinski definition) is 15. The molecule has 0 aromatic rings. The van der Waals surface area contributed by atoms with Gasteiger partial charge >= 0.3 is 54.3 Å². The van der Waals surface area contributed by atoms with Crippen LogP contribution in [-0.4, -0.2) is 78.9 Å². The number of hydrogen-bond donors (Lipinski definition) is 3. The van der Waals surface area contributed by atoms with E-state index in [1.54, 1.807) is 0 Å². The summed E-state index contributed by atoms with van der Waals surface area (Å²) < 4.78 is 123. The number of esters is 3. The van der Waals surface area contributed by atoms with Gasteiger partial charge in [-0.1, -0.05) is 13.8 Å². The molecule has 0 saturated heterocycles. The molecule has 0 heterocycles. The molecule has 24 heteroatoms. The molecule has 0 radical (unpaired) electrons. The zero-order chi connectivity index (χ0) is 31.9. The van der Waals surface area contributed by atoms with Crippen molar-refractivity contribution in [1.82, 2.24) is 5.48 Å². The van der Waals surface area contributed by atoms with Crippen LogP contribution in [0, 0.1) is 5.92 Å². The van der Waals surface area contributed by atoms with E-state index in [-0.39, 0.29) is 0 Å². The average molecular weight is 613 g/mol. The summed E-state index contributed by atoms with van der Waals surface area (Å²) in [5, 5.41) is 0. The van der Waals surface area contributed by atoms with E-state index >= 15 is 0 Å². The first kappa shape index (κ1) is 36.1. The standard InChI is InChI=1S/C16H16F9N3O12/c1-5(2)13(27,37-9(32)14(17,18)19)8(31)36-12(26,7(30)39-40-11(34)16(23,24)25)4-35-6(29)3-28-38-10(33)15(20,21)22/h5,28H,3-4,26-27H2,1-2H3/t12-,13+/m0/s1. The molecule has 0 aliphatic heterocycles. The minimum Gasteiger partial charge on any atom is -0.458 e. The lowest BCUT2D eigenvalue weighted by atomic mass is 10.0. The van der Waals surface area contributed by atoms with Gasteiger partial charge in [-0.05, 0) is 0 Å². The van der Waals surface area contributed by atoms with Crippen LogP contribution < -0.4 is 16.9 Å². The Bertz CT molecular complexity index is 999. The van der Waals surface area contributed by atoms with E-state index in [1.165, 1.54) is 0 Å². The van der Waals surface area contributed by atoms with Crippen molar-refractivity contribution in [1.29, 1.82) is 0 Å². The molecule has 0 amide bonds. The fraction of sp³-hybridized carbons (Fsp3) is 0.625.